The molecule has 1 atom stereocenters. The third-order valence-electron chi connectivity index (χ3n) is 2.64. The van der Waals surface area contributed by atoms with E-state index >= 15 is 0 Å². The number of amides is 2. The largest absolute Gasteiger partial charge is 0.334 e. The highest BCUT2D eigenvalue weighted by molar-refractivity contribution is 5.86. The summed E-state index contributed by atoms with van der Waals surface area (Å²) in [5.74, 6) is 0. The van der Waals surface area contributed by atoms with Crippen molar-refractivity contribution < 1.29 is 4.79 Å². The highest BCUT2D eigenvalue weighted by Gasteiger charge is 2.09. The summed E-state index contributed by atoms with van der Waals surface area (Å²) in [7, 11) is 0. The van der Waals surface area contributed by atoms with Crippen LogP contribution in [0.1, 0.15) is 18.5 Å². The third kappa shape index (κ3) is 1.98. The standard InChI is InChI=1S/C13H13N2O/c1-9(15-13(14)16)11-8-4-6-10-5-2-3-7-12(10)11/h2-9,14H,1H3,(H,15,16). The predicted octanol–water partition coefficient (Wildman–Crippen LogP) is 2.89. The Bertz CT molecular complexity index is 517. The Hall–Kier alpha value is -2.03. The molecule has 0 fully saturated rings. The molecule has 2 N–H and O–H groups in total. The van der Waals surface area contributed by atoms with Crippen molar-refractivity contribution in [2.45, 2.75) is 13.0 Å². The highest BCUT2D eigenvalue weighted by Crippen LogP contribution is 2.23. The Balaban J connectivity index is 2.47. The number of urea groups is 1. The Morgan fingerprint density at radius 2 is 1.88 bits per heavy atom. The second-order valence-electron chi connectivity index (χ2n) is 3.76. The van der Waals surface area contributed by atoms with Crippen LogP contribution in [-0.4, -0.2) is 6.03 Å². The van der Waals surface area contributed by atoms with E-state index in [1.54, 1.807) is 0 Å². The van der Waals surface area contributed by atoms with Crippen LogP contribution < -0.4 is 11.1 Å². The maximum Gasteiger partial charge on any atom is 0.334 e. The van der Waals surface area contributed by atoms with Crippen LogP contribution in [0.25, 0.3) is 10.8 Å². The van der Waals surface area contributed by atoms with E-state index in [-0.39, 0.29) is 6.04 Å². The van der Waals surface area contributed by atoms with Gasteiger partial charge in [-0.05, 0) is 23.3 Å². The highest BCUT2D eigenvalue weighted by atomic mass is 16.2. The average molecular weight is 213 g/mol. The zero-order chi connectivity index (χ0) is 11.5. The molecule has 3 nitrogen and oxygen atoms in total. The summed E-state index contributed by atoms with van der Waals surface area (Å²) in [6, 6.07) is 13.1. The van der Waals surface area contributed by atoms with E-state index in [9.17, 15) is 4.79 Å². The van der Waals surface area contributed by atoms with Gasteiger partial charge in [0.25, 0.3) is 0 Å². The van der Waals surface area contributed by atoms with Crippen molar-refractivity contribution in [3.63, 3.8) is 0 Å². The van der Waals surface area contributed by atoms with Gasteiger partial charge in [-0.2, -0.15) is 0 Å². The fraction of sp³-hybridized carbons (Fsp3) is 0.154. The van der Waals surface area contributed by atoms with Crippen molar-refractivity contribution in [3.05, 3.63) is 48.0 Å². The first kappa shape index (κ1) is 10.5. The Morgan fingerprint density at radius 1 is 1.19 bits per heavy atom. The normalized spacial score (nSPS) is 12.3. The van der Waals surface area contributed by atoms with Crippen molar-refractivity contribution in [1.82, 2.24) is 11.1 Å². The van der Waals surface area contributed by atoms with E-state index in [0.717, 1.165) is 16.3 Å². The first-order chi connectivity index (χ1) is 7.68. The van der Waals surface area contributed by atoms with Crippen LogP contribution >= 0.6 is 0 Å². The number of fused-ring (bicyclic) bond motifs is 1. The van der Waals surface area contributed by atoms with Gasteiger partial charge in [0.05, 0.1) is 6.04 Å². The van der Waals surface area contributed by atoms with Crippen LogP contribution in [0.15, 0.2) is 42.5 Å². The summed E-state index contributed by atoms with van der Waals surface area (Å²) < 4.78 is 0. The molecular formula is C13H13N2O. The van der Waals surface area contributed by atoms with Crippen molar-refractivity contribution in [3.8, 4) is 0 Å². The van der Waals surface area contributed by atoms with Crippen molar-refractivity contribution in [1.29, 1.82) is 0 Å². The molecule has 0 bridgehead atoms. The molecule has 0 aliphatic carbocycles. The van der Waals surface area contributed by atoms with Gasteiger partial charge >= 0.3 is 6.03 Å². The van der Waals surface area contributed by atoms with E-state index in [2.05, 4.69) is 5.32 Å². The number of nitrogens with one attached hydrogen (secondary N) is 2. The maximum atomic E-state index is 10.7. The molecule has 2 rings (SSSR count). The van der Waals surface area contributed by atoms with Gasteiger partial charge in [0, 0.05) is 0 Å². The van der Waals surface area contributed by atoms with Gasteiger partial charge in [0.1, 0.15) is 0 Å². The predicted molar refractivity (Wildman–Crippen MR) is 64.0 cm³/mol. The van der Waals surface area contributed by atoms with E-state index < -0.39 is 6.03 Å². The van der Waals surface area contributed by atoms with Crippen molar-refractivity contribution >= 4 is 16.8 Å². The molecule has 0 saturated carbocycles. The fourth-order valence-corrected chi connectivity index (χ4v) is 1.90. The van der Waals surface area contributed by atoms with Crippen LogP contribution in [-0.2, 0) is 0 Å². The molecule has 0 aliphatic rings. The number of hydrogen-bond donors (Lipinski definition) is 1. The Morgan fingerprint density at radius 3 is 2.62 bits per heavy atom. The summed E-state index contributed by atoms with van der Waals surface area (Å²) >= 11 is 0. The zero-order valence-electron chi connectivity index (χ0n) is 9.03. The molecule has 3 heteroatoms. The van der Waals surface area contributed by atoms with Crippen LogP contribution in [0.2, 0.25) is 0 Å². The Labute approximate surface area is 94.3 Å². The van der Waals surface area contributed by atoms with E-state index in [0.29, 0.717) is 0 Å². The lowest BCUT2D eigenvalue weighted by atomic mass is 10.00. The van der Waals surface area contributed by atoms with Crippen LogP contribution in [0.4, 0.5) is 4.79 Å². The van der Waals surface area contributed by atoms with E-state index in [4.69, 9.17) is 5.73 Å². The Kier molecular flexibility index (Phi) is 2.77. The number of carbonyl (C=O) groups excluding carboxylic acids is 1. The summed E-state index contributed by atoms with van der Waals surface area (Å²) in [6.07, 6.45) is 0. The number of rotatable bonds is 2. The van der Waals surface area contributed by atoms with Crippen LogP contribution in [0.5, 0.6) is 0 Å². The molecule has 0 aromatic heterocycles. The molecule has 81 valence electrons. The molecule has 2 amide bonds. The van der Waals surface area contributed by atoms with Gasteiger partial charge in [-0.25, -0.2) is 10.5 Å². The van der Waals surface area contributed by atoms with E-state index in [1.807, 2.05) is 49.4 Å². The SMILES string of the molecule is CC(NC([NH])=O)c1cccc2ccccc12. The van der Waals surface area contributed by atoms with Crippen molar-refractivity contribution in [2.24, 2.45) is 0 Å². The minimum Gasteiger partial charge on any atom is -0.330 e. The van der Waals surface area contributed by atoms with Crippen LogP contribution in [0, 0.1) is 0 Å². The van der Waals surface area contributed by atoms with Gasteiger partial charge in [-0.15, -0.1) is 0 Å². The number of carbonyl (C=O) groups is 1. The van der Waals surface area contributed by atoms with Gasteiger partial charge in [-0.1, -0.05) is 42.5 Å². The van der Waals surface area contributed by atoms with Gasteiger partial charge in [-0.3, -0.25) is 0 Å². The van der Waals surface area contributed by atoms with E-state index in [1.165, 1.54) is 0 Å². The molecule has 16 heavy (non-hydrogen) atoms. The molecule has 1 radical (unpaired) electrons. The minimum atomic E-state index is -0.750. The fourth-order valence-electron chi connectivity index (χ4n) is 1.90. The molecule has 2 aromatic carbocycles. The minimum absolute atomic E-state index is 0.143. The van der Waals surface area contributed by atoms with Gasteiger partial charge in [0.2, 0.25) is 0 Å². The molecule has 1 unspecified atom stereocenters. The molecule has 0 aliphatic heterocycles. The second kappa shape index (κ2) is 4.23. The number of benzene rings is 2. The molecule has 0 heterocycles. The second-order valence-corrected chi connectivity index (χ2v) is 3.76. The summed E-state index contributed by atoms with van der Waals surface area (Å²) in [4.78, 5) is 10.7. The molecular weight excluding hydrogens is 200 g/mol. The number of hydrogen-bond acceptors (Lipinski definition) is 1. The first-order valence-corrected chi connectivity index (χ1v) is 5.18. The topological polar surface area (TPSA) is 52.9 Å². The molecule has 0 saturated heterocycles. The van der Waals surface area contributed by atoms with Gasteiger partial charge in [0.15, 0.2) is 0 Å². The summed E-state index contributed by atoms with van der Waals surface area (Å²) in [6.45, 7) is 1.88. The summed E-state index contributed by atoms with van der Waals surface area (Å²) in [5.41, 5.74) is 7.96. The molecule has 2 aromatic rings. The average Bonchev–Trinajstić information content (AvgIpc) is 2.27. The summed E-state index contributed by atoms with van der Waals surface area (Å²) in [5, 5.41) is 4.84. The van der Waals surface area contributed by atoms with Crippen molar-refractivity contribution in [2.75, 3.05) is 0 Å². The smallest absolute Gasteiger partial charge is 0.330 e. The lowest BCUT2D eigenvalue weighted by Gasteiger charge is -2.14. The lowest BCUT2D eigenvalue weighted by Crippen LogP contribution is -2.25. The lowest BCUT2D eigenvalue weighted by molar-refractivity contribution is 0.245. The monoisotopic (exact) mass is 213 g/mol. The quantitative estimate of drug-likeness (QED) is 0.819. The first-order valence-electron chi connectivity index (χ1n) is 5.18. The third-order valence-corrected chi connectivity index (χ3v) is 2.64. The maximum absolute atomic E-state index is 10.7. The van der Waals surface area contributed by atoms with Crippen LogP contribution in [0.3, 0.4) is 0 Å². The van der Waals surface area contributed by atoms with Gasteiger partial charge < -0.3 is 5.32 Å². The zero-order valence-corrected chi connectivity index (χ0v) is 9.03. The molecule has 0 spiro atoms.